The molecule has 1 aliphatic heterocycles. The highest BCUT2D eigenvalue weighted by molar-refractivity contribution is 5.99. The Morgan fingerprint density at radius 3 is 2.52 bits per heavy atom. The van der Waals surface area contributed by atoms with E-state index in [1.165, 1.54) is 0 Å². The third-order valence-electron chi connectivity index (χ3n) is 5.86. The number of carbonyl (C=O) groups excluding carboxylic acids is 2. The summed E-state index contributed by atoms with van der Waals surface area (Å²) in [5.41, 5.74) is 5.47. The number of ether oxygens (including phenoxy) is 1. The molecule has 0 N–H and O–H groups in total. The smallest absolute Gasteiger partial charge is 0.311 e. The zero-order valence-electron chi connectivity index (χ0n) is 18.3. The molecule has 6 nitrogen and oxygen atoms in total. The second-order valence-electron chi connectivity index (χ2n) is 8.10. The van der Waals surface area contributed by atoms with Crippen molar-refractivity contribution < 1.29 is 14.3 Å². The molecule has 0 fully saturated rings. The van der Waals surface area contributed by atoms with Gasteiger partial charge in [-0.1, -0.05) is 36.4 Å². The quantitative estimate of drug-likeness (QED) is 0.590. The minimum absolute atomic E-state index is 0.0413. The summed E-state index contributed by atoms with van der Waals surface area (Å²) in [6.07, 6.45) is 0.0272. The number of hydrogen-bond donors (Lipinski definition) is 0. The van der Waals surface area contributed by atoms with Gasteiger partial charge in [0, 0.05) is 23.0 Å². The van der Waals surface area contributed by atoms with Gasteiger partial charge in [0.05, 0.1) is 17.8 Å². The molecule has 6 heteroatoms. The zero-order chi connectivity index (χ0) is 22.1. The minimum atomic E-state index is -0.856. The van der Waals surface area contributed by atoms with E-state index in [0.717, 1.165) is 40.3 Å². The summed E-state index contributed by atoms with van der Waals surface area (Å²) in [4.78, 5) is 27.5. The standard InChI is InChI=1S/C25H27N3O3/c1-16-14-20-10-8-9-13-23(20)27(16)25(30)19(4)31-24(29)15-22-17(2)26-28(18(22)3)21-11-6-5-7-12-21/h5-13,16,19H,14-15H2,1-4H3/t16-,19-/m0/s1. The number of nitrogens with zero attached hydrogens (tertiary/aromatic N) is 3. The summed E-state index contributed by atoms with van der Waals surface area (Å²) in [6, 6.07) is 17.7. The lowest BCUT2D eigenvalue weighted by Gasteiger charge is -2.26. The molecule has 4 rings (SSSR count). The molecule has 0 radical (unpaired) electrons. The summed E-state index contributed by atoms with van der Waals surface area (Å²) in [5, 5.41) is 4.58. The minimum Gasteiger partial charge on any atom is -0.452 e. The number of aromatic nitrogens is 2. The van der Waals surface area contributed by atoms with E-state index in [2.05, 4.69) is 5.10 Å². The van der Waals surface area contributed by atoms with Gasteiger partial charge in [0.1, 0.15) is 0 Å². The maximum absolute atomic E-state index is 13.1. The van der Waals surface area contributed by atoms with Crippen LogP contribution in [0, 0.1) is 13.8 Å². The van der Waals surface area contributed by atoms with Crippen molar-refractivity contribution in [2.45, 2.75) is 52.7 Å². The second kappa shape index (κ2) is 8.38. The monoisotopic (exact) mass is 417 g/mol. The lowest BCUT2D eigenvalue weighted by atomic mass is 10.1. The second-order valence-corrected chi connectivity index (χ2v) is 8.10. The summed E-state index contributed by atoms with van der Waals surface area (Å²) < 4.78 is 7.38. The van der Waals surface area contributed by atoms with Crippen LogP contribution in [0.4, 0.5) is 5.69 Å². The predicted molar refractivity (Wildman–Crippen MR) is 119 cm³/mol. The SMILES string of the molecule is Cc1nn(-c2ccccc2)c(C)c1CC(=O)O[C@@H](C)C(=O)N1c2ccccc2C[C@@H]1C. The molecule has 0 bridgehead atoms. The van der Waals surface area contributed by atoms with Crippen LogP contribution in [0.25, 0.3) is 5.69 Å². The number of amides is 1. The maximum Gasteiger partial charge on any atom is 0.311 e. The summed E-state index contributed by atoms with van der Waals surface area (Å²) in [7, 11) is 0. The lowest BCUT2D eigenvalue weighted by molar-refractivity contribution is -0.153. The van der Waals surface area contributed by atoms with Gasteiger partial charge < -0.3 is 9.64 Å². The number of fused-ring (bicyclic) bond motifs is 1. The van der Waals surface area contributed by atoms with Crippen LogP contribution in [-0.4, -0.2) is 33.8 Å². The Morgan fingerprint density at radius 2 is 1.77 bits per heavy atom. The van der Waals surface area contributed by atoms with Crippen molar-refractivity contribution in [3.8, 4) is 5.69 Å². The average molecular weight is 418 g/mol. The summed E-state index contributed by atoms with van der Waals surface area (Å²) >= 11 is 0. The molecular weight excluding hydrogens is 390 g/mol. The van der Waals surface area contributed by atoms with Gasteiger partial charge in [-0.25, -0.2) is 4.68 Å². The fourth-order valence-electron chi connectivity index (χ4n) is 4.28. The number of hydrogen-bond acceptors (Lipinski definition) is 4. The number of aryl methyl sites for hydroxylation is 1. The largest absolute Gasteiger partial charge is 0.452 e. The van der Waals surface area contributed by atoms with Crippen LogP contribution in [0.2, 0.25) is 0 Å². The molecule has 1 aliphatic rings. The average Bonchev–Trinajstić information content (AvgIpc) is 3.24. The van der Waals surface area contributed by atoms with Crippen LogP contribution in [0.5, 0.6) is 0 Å². The molecule has 3 aromatic rings. The molecule has 2 aromatic carbocycles. The highest BCUT2D eigenvalue weighted by atomic mass is 16.5. The van der Waals surface area contributed by atoms with Crippen LogP contribution in [0.3, 0.4) is 0 Å². The predicted octanol–water partition coefficient (Wildman–Crippen LogP) is 3.94. The molecule has 1 aromatic heterocycles. The van der Waals surface area contributed by atoms with Gasteiger partial charge >= 0.3 is 5.97 Å². The van der Waals surface area contributed by atoms with Crippen molar-refractivity contribution in [3.05, 3.63) is 77.1 Å². The lowest BCUT2D eigenvalue weighted by Crippen LogP contribution is -2.43. The number of para-hydroxylation sites is 2. The molecule has 1 amide bonds. The molecular formula is C25H27N3O3. The van der Waals surface area contributed by atoms with E-state index >= 15 is 0 Å². The first-order valence-electron chi connectivity index (χ1n) is 10.6. The van der Waals surface area contributed by atoms with E-state index in [-0.39, 0.29) is 18.4 Å². The summed E-state index contributed by atoms with van der Waals surface area (Å²) in [6.45, 7) is 7.47. The zero-order valence-corrected chi connectivity index (χ0v) is 18.3. The van der Waals surface area contributed by atoms with Crippen LogP contribution in [0.1, 0.15) is 36.4 Å². The molecule has 0 spiro atoms. The third kappa shape index (κ3) is 3.98. The van der Waals surface area contributed by atoms with E-state index < -0.39 is 12.1 Å². The number of carbonyl (C=O) groups is 2. The van der Waals surface area contributed by atoms with Gasteiger partial charge in [-0.05, 0) is 57.9 Å². The fraction of sp³-hybridized carbons (Fsp3) is 0.320. The van der Waals surface area contributed by atoms with Gasteiger partial charge in [-0.15, -0.1) is 0 Å². The van der Waals surface area contributed by atoms with E-state index in [4.69, 9.17) is 4.74 Å². The highest BCUT2D eigenvalue weighted by Gasteiger charge is 2.34. The van der Waals surface area contributed by atoms with E-state index in [1.807, 2.05) is 80.1 Å². The first-order chi connectivity index (χ1) is 14.9. The highest BCUT2D eigenvalue weighted by Crippen LogP contribution is 2.32. The molecule has 31 heavy (non-hydrogen) atoms. The molecule has 0 saturated heterocycles. The van der Waals surface area contributed by atoms with Gasteiger partial charge in [-0.2, -0.15) is 5.10 Å². The molecule has 160 valence electrons. The van der Waals surface area contributed by atoms with Crippen molar-refractivity contribution in [1.82, 2.24) is 9.78 Å². The Labute approximate surface area is 182 Å². The number of anilines is 1. The van der Waals surface area contributed by atoms with Gasteiger partial charge in [-0.3, -0.25) is 9.59 Å². The van der Waals surface area contributed by atoms with E-state index in [9.17, 15) is 9.59 Å². The molecule has 0 saturated carbocycles. The van der Waals surface area contributed by atoms with Gasteiger partial charge in [0.15, 0.2) is 6.10 Å². The first kappa shape index (κ1) is 20.8. The summed E-state index contributed by atoms with van der Waals surface area (Å²) in [5.74, 6) is -0.626. The Kier molecular flexibility index (Phi) is 5.63. The Bertz CT molecular complexity index is 1120. The molecule has 0 unspecified atom stereocenters. The van der Waals surface area contributed by atoms with E-state index in [0.29, 0.717) is 0 Å². The van der Waals surface area contributed by atoms with Crippen LogP contribution < -0.4 is 4.90 Å². The van der Waals surface area contributed by atoms with Crippen molar-refractivity contribution in [1.29, 1.82) is 0 Å². The van der Waals surface area contributed by atoms with Crippen LogP contribution in [-0.2, 0) is 27.2 Å². The molecule has 2 atom stereocenters. The van der Waals surface area contributed by atoms with Gasteiger partial charge in [0.25, 0.3) is 5.91 Å². The Morgan fingerprint density at radius 1 is 1.10 bits per heavy atom. The van der Waals surface area contributed by atoms with Crippen LogP contribution >= 0.6 is 0 Å². The third-order valence-corrected chi connectivity index (χ3v) is 5.86. The van der Waals surface area contributed by atoms with Crippen molar-refractivity contribution >= 4 is 17.6 Å². The Hall–Kier alpha value is -3.41. The van der Waals surface area contributed by atoms with E-state index in [1.54, 1.807) is 11.8 Å². The number of benzene rings is 2. The number of rotatable bonds is 5. The normalized spacial score (nSPS) is 16.1. The van der Waals surface area contributed by atoms with Crippen molar-refractivity contribution in [3.63, 3.8) is 0 Å². The topological polar surface area (TPSA) is 64.4 Å². The Balaban J connectivity index is 1.46. The van der Waals surface area contributed by atoms with Gasteiger partial charge in [0.2, 0.25) is 0 Å². The fourth-order valence-corrected chi connectivity index (χ4v) is 4.28. The van der Waals surface area contributed by atoms with Crippen LogP contribution in [0.15, 0.2) is 54.6 Å². The maximum atomic E-state index is 13.1. The molecule has 2 heterocycles. The van der Waals surface area contributed by atoms with Crippen molar-refractivity contribution in [2.75, 3.05) is 4.90 Å². The molecule has 0 aliphatic carbocycles. The first-order valence-corrected chi connectivity index (χ1v) is 10.6. The number of esters is 1. The van der Waals surface area contributed by atoms with Crippen molar-refractivity contribution in [2.24, 2.45) is 0 Å².